The van der Waals surface area contributed by atoms with Gasteiger partial charge >= 0.3 is 11.9 Å². The number of unbranched alkanes of at least 4 members (excludes halogenated alkanes) is 2. The molecule has 3 N–H and O–H groups in total. The lowest BCUT2D eigenvalue weighted by atomic mass is 10.0. The normalized spacial score (nSPS) is 12.7. The summed E-state index contributed by atoms with van der Waals surface area (Å²) in [6.45, 7) is -0.752. The molecule has 202 valence electrons. The number of carbonyl (C=O) groups excluding carboxylic acids is 1. The van der Waals surface area contributed by atoms with Crippen molar-refractivity contribution in [2.45, 2.75) is 44.4 Å². The molecule has 3 rings (SSSR count). The molecule has 0 spiro atoms. The van der Waals surface area contributed by atoms with E-state index in [-0.39, 0.29) is 13.2 Å². The van der Waals surface area contributed by atoms with Crippen molar-refractivity contribution >= 4 is 51.8 Å². The monoisotopic (exact) mass is 561 g/mol. The van der Waals surface area contributed by atoms with Gasteiger partial charge in [-0.05, 0) is 53.3 Å². The average molecular weight is 562 g/mol. The number of aliphatic carboxylic acids is 2. The first-order valence-electron chi connectivity index (χ1n) is 12.1. The van der Waals surface area contributed by atoms with Gasteiger partial charge in [0, 0.05) is 13.2 Å². The maximum absolute atomic E-state index is 12.9. The molecule has 0 fully saturated rings. The van der Waals surface area contributed by atoms with Crippen LogP contribution in [0.4, 0.5) is 0 Å². The number of hydrogen-bond donors (Lipinski definition) is 3. The number of carboxylic acids is 2. The van der Waals surface area contributed by atoms with Gasteiger partial charge in [0.15, 0.2) is 12.2 Å². The Morgan fingerprint density at radius 3 is 2.24 bits per heavy atom. The van der Waals surface area contributed by atoms with E-state index in [2.05, 4.69) is 35.6 Å². The summed E-state index contributed by atoms with van der Waals surface area (Å²) in [6.07, 6.45) is -0.216. The summed E-state index contributed by atoms with van der Waals surface area (Å²) in [5, 5.41) is 24.1. The molecule has 0 aliphatic carbocycles. The Morgan fingerprint density at radius 1 is 0.789 bits per heavy atom. The number of amides is 1. The van der Waals surface area contributed by atoms with Gasteiger partial charge in [0.05, 0.1) is 10.0 Å². The number of fused-ring (bicyclic) bond motifs is 1. The van der Waals surface area contributed by atoms with Gasteiger partial charge < -0.3 is 25.0 Å². The number of carboxylic acid groups (broad SMARTS) is 2. The molecule has 0 saturated carbocycles. The minimum Gasteiger partial charge on any atom is -0.480 e. The first-order valence-corrected chi connectivity index (χ1v) is 12.9. The van der Waals surface area contributed by atoms with E-state index >= 15 is 0 Å². The van der Waals surface area contributed by atoms with Crippen molar-refractivity contribution in [3.8, 4) is 0 Å². The summed E-state index contributed by atoms with van der Waals surface area (Å²) in [5.74, 6) is -3.61. The maximum atomic E-state index is 12.9. The zero-order valence-electron chi connectivity index (χ0n) is 20.6. The van der Waals surface area contributed by atoms with Crippen LogP contribution in [0.15, 0.2) is 60.7 Å². The van der Waals surface area contributed by atoms with E-state index in [9.17, 15) is 19.5 Å². The van der Waals surface area contributed by atoms with E-state index in [0.29, 0.717) is 22.0 Å². The molecule has 10 heteroatoms. The Bertz CT molecular complexity index is 1270. The van der Waals surface area contributed by atoms with Crippen LogP contribution in [-0.4, -0.2) is 53.5 Å². The summed E-state index contributed by atoms with van der Waals surface area (Å²) in [7, 11) is 0. The average Bonchev–Trinajstić information content (AvgIpc) is 2.89. The molecule has 38 heavy (non-hydrogen) atoms. The van der Waals surface area contributed by atoms with Gasteiger partial charge in [0.25, 0.3) is 5.91 Å². The van der Waals surface area contributed by atoms with Gasteiger partial charge in [0.2, 0.25) is 0 Å². The van der Waals surface area contributed by atoms with Crippen LogP contribution in [0.1, 0.15) is 30.4 Å². The minimum absolute atomic E-state index is 0.0343. The molecule has 2 unspecified atom stereocenters. The Labute approximate surface area is 230 Å². The maximum Gasteiger partial charge on any atom is 0.336 e. The van der Waals surface area contributed by atoms with E-state index in [1.54, 1.807) is 18.2 Å². The van der Waals surface area contributed by atoms with E-state index in [1.165, 1.54) is 16.3 Å². The molecule has 0 aliphatic heterocycles. The number of hydrogen-bond acceptors (Lipinski definition) is 5. The number of rotatable bonds is 15. The second-order valence-electron chi connectivity index (χ2n) is 8.71. The molecule has 0 aliphatic rings. The van der Waals surface area contributed by atoms with Crippen LogP contribution in [0.3, 0.4) is 0 Å². The molecule has 0 heterocycles. The fraction of sp³-hybridized carbons (Fsp3) is 0.321. The zero-order chi connectivity index (χ0) is 27.5. The number of ether oxygens (including phenoxy) is 2. The topological polar surface area (TPSA) is 122 Å². The third kappa shape index (κ3) is 8.99. The van der Waals surface area contributed by atoms with E-state index < -0.39 is 36.7 Å². The summed E-state index contributed by atoms with van der Waals surface area (Å²) in [5.41, 5.74) is 1.86. The molecule has 3 aromatic rings. The van der Waals surface area contributed by atoms with E-state index in [0.717, 1.165) is 19.3 Å². The predicted octanol–water partition coefficient (Wildman–Crippen LogP) is 5.12. The number of nitrogens with one attached hydrogen (secondary N) is 1. The predicted molar refractivity (Wildman–Crippen MR) is 145 cm³/mol. The van der Waals surface area contributed by atoms with Crippen LogP contribution in [0.2, 0.25) is 10.0 Å². The molecular formula is C28H29Cl2NO7. The van der Waals surface area contributed by atoms with Gasteiger partial charge in [-0.1, -0.05) is 78.2 Å². The Hall–Kier alpha value is -3.17. The highest BCUT2D eigenvalue weighted by atomic mass is 35.5. The van der Waals surface area contributed by atoms with E-state index in [4.69, 9.17) is 37.8 Å². The van der Waals surface area contributed by atoms with Crippen LogP contribution in [0.25, 0.3) is 10.8 Å². The lowest BCUT2D eigenvalue weighted by Gasteiger charge is -2.23. The van der Waals surface area contributed by atoms with Crippen molar-refractivity contribution in [3.05, 3.63) is 81.8 Å². The van der Waals surface area contributed by atoms with Crippen LogP contribution in [0, 0.1) is 0 Å². The first-order chi connectivity index (χ1) is 18.2. The number of benzene rings is 3. The second-order valence-corrected chi connectivity index (χ2v) is 9.53. The number of aryl methyl sites for hydroxylation is 1. The summed E-state index contributed by atoms with van der Waals surface area (Å²) in [6, 6.07) is 19.3. The SMILES string of the molecule is O=C(O)COC(C(=O)O)C(OCCCCCc1ccc2ccccc2c1)C(=O)NCc1ccc(Cl)c(Cl)c1. The highest BCUT2D eigenvalue weighted by Crippen LogP contribution is 2.22. The highest BCUT2D eigenvalue weighted by molar-refractivity contribution is 6.42. The zero-order valence-corrected chi connectivity index (χ0v) is 22.1. The smallest absolute Gasteiger partial charge is 0.336 e. The Kier molecular flexibility index (Phi) is 11.4. The molecule has 0 saturated heterocycles. The Morgan fingerprint density at radius 2 is 1.53 bits per heavy atom. The van der Waals surface area contributed by atoms with Crippen LogP contribution in [-0.2, 0) is 36.8 Å². The van der Waals surface area contributed by atoms with Gasteiger partial charge in [-0.15, -0.1) is 0 Å². The lowest BCUT2D eigenvalue weighted by molar-refractivity contribution is -0.172. The van der Waals surface area contributed by atoms with Gasteiger partial charge in [-0.3, -0.25) is 4.79 Å². The second kappa shape index (κ2) is 14.7. The van der Waals surface area contributed by atoms with Crippen molar-refractivity contribution in [1.82, 2.24) is 5.32 Å². The van der Waals surface area contributed by atoms with Gasteiger partial charge in [0.1, 0.15) is 6.61 Å². The van der Waals surface area contributed by atoms with Gasteiger partial charge in [-0.2, -0.15) is 0 Å². The van der Waals surface area contributed by atoms with Crippen molar-refractivity contribution in [3.63, 3.8) is 0 Å². The third-order valence-electron chi connectivity index (χ3n) is 5.83. The molecular weight excluding hydrogens is 533 g/mol. The summed E-state index contributed by atoms with van der Waals surface area (Å²) < 4.78 is 10.6. The fourth-order valence-corrected chi connectivity index (χ4v) is 4.22. The largest absolute Gasteiger partial charge is 0.480 e. The van der Waals surface area contributed by atoms with Gasteiger partial charge in [-0.25, -0.2) is 9.59 Å². The highest BCUT2D eigenvalue weighted by Gasteiger charge is 2.36. The molecule has 0 bridgehead atoms. The lowest BCUT2D eigenvalue weighted by Crippen LogP contribution is -2.49. The van der Waals surface area contributed by atoms with E-state index in [1.807, 2.05) is 12.1 Å². The van der Waals surface area contributed by atoms with Crippen LogP contribution < -0.4 is 5.32 Å². The Balaban J connectivity index is 1.54. The number of carbonyl (C=O) groups is 3. The van der Waals surface area contributed by atoms with Crippen molar-refractivity contribution in [2.75, 3.05) is 13.2 Å². The third-order valence-corrected chi connectivity index (χ3v) is 6.57. The molecule has 1 amide bonds. The molecule has 2 atom stereocenters. The molecule has 0 radical (unpaired) electrons. The van der Waals surface area contributed by atoms with Crippen molar-refractivity contribution in [1.29, 1.82) is 0 Å². The summed E-state index contributed by atoms with van der Waals surface area (Å²) in [4.78, 5) is 35.6. The molecule has 3 aromatic carbocycles. The summed E-state index contributed by atoms with van der Waals surface area (Å²) >= 11 is 11.9. The first kappa shape index (κ1) is 29.4. The quantitative estimate of drug-likeness (QED) is 0.220. The van der Waals surface area contributed by atoms with Crippen LogP contribution >= 0.6 is 23.2 Å². The molecule has 0 aromatic heterocycles. The fourth-order valence-electron chi connectivity index (χ4n) is 3.90. The molecule has 8 nitrogen and oxygen atoms in total. The number of halogens is 2. The van der Waals surface area contributed by atoms with Crippen molar-refractivity contribution < 1.29 is 34.1 Å². The van der Waals surface area contributed by atoms with Crippen LogP contribution in [0.5, 0.6) is 0 Å². The standard InChI is InChI=1S/C28H29Cl2NO7/c29-22-12-10-19(15-23(22)30)16-31-27(34)25(26(28(35)36)38-17-24(32)33)37-13-5-1-2-6-18-9-11-20-7-3-4-8-21(20)14-18/h3-4,7-12,14-15,25-26H,1-2,5-6,13,16-17H2,(H,31,34)(H,32,33)(H,35,36). The van der Waals surface area contributed by atoms with Crippen molar-refractivity contribution in [2.24, 2.45) is 0 Å². The minimum atomic E-state index is -1.79.